The molecule has 2 heterocycles. The minimum Gasteiger partial charge on any atom is -0.326 e. The number of imidazole rings is 1. The second-order valence-electron chi connectivity index (χ2n) is 5.75. The average Bonchev–Trinajstić information content (AvgIpc) is 2.99. The summed E-state index contributed by atoms with van der Waals surface area (Å²) in [6, 6.07) is 17.2. The van der Waals surface area contributed by atoms with E-state index in [1.807, 2.05) is 6.33 Å². The van der Waals surface area contributed by atoms with Crippen molar-refractivity contribution in [3.8, 4) is 0 Å². The Hall–Kier alpha value is -2.39. The first kappa shape index (κ1) is 13.3. The molecule has 0 spiro atoms. The Kier molecular flexibility index (Phi) is 3.49. The van der Waals surface area contributed by atoms with Gasteiger partial charge in [0.15, 0.2) is 0 Å². The summed E-state index contributed by atoms with van der Waals surface area (Å²) in [7, 11) is 0. The second-order valence-corrected chi connectivity index (χ2v) is 5.75. The zero-order chi connectivity index (χ0) is 14.8. The van der Waals surface area contributed by atoms with Crippen molar-refractivity contribution >= 4 is 16.6 Å². The van der Waals surface area contributed by atoms with E-state index < -0.39 is 0 Å². The van der Waals surface area contributed by atoms with E-state index in [9.17, 15) is 0 Å². The first-order valence-corrected chi connectivity index (χ1v) is 7.79. The lowest BCUT2D eigenvalue weighted by Crippen LogP contribution is -2.19. The fourth-order valence-electron chi connectivity index (χ4n) is 3.05. The SMILES string of the molecule is C1=C(c2ccc3c(c2)ncn3Cc2ccccc2)CCNC1. The predicted octanol–water partition coefficient (Wildman–Crippen LogP) is 3.46. The molecular formula is C19H19N3. The Morgan fingerprint density at radius 1 is 1.09 bits per heavy atom. The molecule has 110 valence electrons. The van der Waals surface area contributed by atoms with Crippen LogP contribution in [0.5, 0.6) is 0 Å². The van der Waals surface area contributed by atoms with Crippen LogP contribution in [0, 0.1) is 0 Å². The molecule has 4 rings (SSSR count). The zero-order valence-electron chi connectivity index (χ0n) is 12.5. The van der Waals surface area contributed by atoms with Crippen molar-refractivity contribution in [3.63, 3.8) is 0 Å². The molecule has 2 aromatic carbocycles. The maximum atomic E-state index is 4.59. The molecule has 3 nitrogen and oxygen atoms in total. The van der Waals surface area contributed by atoms with E-state index in [1.54, 1.807) is 0 Å². The molecule has 0 amide bonds. The number of nitrogens with one attached hydrogen (secondary N) is 1. The molecule has 22 heavy (non-hydrogen) atoms. The summed E-state index contributed by atoms with van der Waals surface area (Å²) in [6.07, 6.45) is 5.32. The fourth-order valence-corrected chi connectivity index (χ4v) is 3.05. The summed E-state index contributed by atoms with van der Waals surface area (Å²) in [6.45, 7) is 2.89. The Balaban J connectivity index is 1.67. The van der Waals surface area contributed by atoms with E-state index in [4.69, 9.17) is 0 Å². The van der Waals surface area contributed by atoms with E-state index in [1.165, 1.54) is 22.2 Å². The van der Waals surface area contributed by atoms with E-state index >= 15 is 0 Å². The maximum Gasteiger partial charge on any atom is 0.0961 e. The van der Waals surface area contributed by atoms with Gasteiger partial charge in [0.05, 0.1) is 17.4 Å². The molecule has 3 heteroatoms. The zero-order valence-corrected chi connectivity index (χ0v) is 12.5. The van der Waals surface area contributed by atoms with Gasteiger partial charge in [0, 0.05) is 13.1 Å². The van der Waals surface area contributed by atoms with E-state index in [-0.39, 0.29) is 0 Å². The second kappa shape index (κ2) is 5.78. The molecule has 1 N–H and O–H groups in total. The van der Waals surface area contributed by atoms with Crippen molar-refractivity contribution in [1.29, 1.82) is 0 Å². The summed E-state index contributed by atoms with van der Waals surface area (Å²) in [4.78, 5) is 4.59. The quantitative estimate of drug-likeness (QED) is 0.800. The lowest BCUT2D eigenvalue weighted by atomic mass is 10.00. The standard InChI is InChI=1S/C19H19N3/c1-2-4-15(5-3-1)13-22-14-21-18-12-17(6-7-19(18)22)16-8-10-20-11-9-16/h1-8,12,14,20H,9-11,13H2. The van der Waals surface area contributed by atoms with Crippen molar-refractivity contribution < 1.29 is 0 Å². The number of fused-ring (bicyclic) bond motifs is 1. The number of hydrogen-bond acceptors (Lipinski definition) is 2. The molecule has 3 aromatic rings. The molecule has 0 atom stereocenters. The molecule has 0 saturated heterocycles. The third-order valence-corrected chi connectivity index (χ3v) is 4.25. The summed E-state index contributed by atoms with van der Waals surface area (Å²) in [5, 5.41) is 3.36. The highest BCUT2D eigenvalue weighted by Crippen LogP contribution is 2.24. The molecule has 0 aliphatic carbocycles. The third-order valence-electron chi connectivity index (χ3n) is 4.25. The van der Waals surface area contributed by atoms with E-state index in [0.29, 0.717) is 0 Å². The molecule has 1 aromatic heterocycles. The van der Waals surface area contributed by atoms with Gasteiger partial charge in [-0.2, -0.15) is 0 Å². The largest absolute Gasteiger partial charge is 0.326 e. The average molecular weight is 289 g/mol. The molecule has 0 saturated carbocycles. The summed E-state index contributed by atoms with van der Waals surface area (Å²) in [5.41, 5.74) is 6.30. The van der Waals surface area contributed by atoms with Gasteiger partial charge in [-0.05, 0) is 41.8 Å². The van der Waals surface area contributed by atoms with Gasteiger partial charge in [0.2, 0.25) is 0 Å². The number of aromatic nitrogens is 2. The molecule has 0 fully saturated rings. The van der Waals surface area contributed by atoms with Crippen LogP contribution in [0.4, 0.5) is 0 Å². The highest BCUT2D eigenvalue weighted by Gasteiger charge is 2.09. The smallest absolute Gasteiger partial charge is 0.0961 e. The van der Waals surface area contributed by atoms with Crippen molar-refractivity contribution in [2.45, 2.75) is 13.0 Å². The molecule has 0 bridgehead atoms. The topological polar surface area (TPSA) is 29.9 Å². The van der Waals surface area contributed by atoms with Gasteiger partial charge >= 0.3 is 0 Å². The van der Waals surface area contributed by atoms with Crippen LogP contribution in [-0.2, 0) is 6.54 Å². The summed E-state index contributed by atoms with van der Waals surface area (Å²) >= 11 is 0. The Morgan fingerprint density at radius 2 is 2.00 bits per heavy atom. The highest BCUT2D eigenvalue weighted by molar-refractivity contribution is 5.81. The fraction of sp³-hybridized carbons (Fsp3) is 0.211. The molecule has 1 aliphatic heterocycles. The summed E-state index contributed by atoms with van der Waals surface area (Å²) in [5.74, 6) is 0. The van der Waals surface area contributed by atoms with Crippen molar-refractivity contribution in [3.05, 3.63) is 72.1 Å². The van der Waals surface area contributed by atoms with E-state index in [0.717, 1.165) is 31.6 Å². The van der Waals surface area contributed by atoms with Crippen LogP contribution in [0.1, 0.15) is 17.5 Å². The highest BCUT2D eigenvalue weighted by atomic mass is 15.0. The molecule has 0 unspecified atom stereocenters. The van der Waals surface area contributed by atoms with Gasteiger partial charge in [0.25, 0.3) is 0 Å². The molecular weight excluding hydrogens is 270 g/mol. The number of nitrogens with zero attached hydrogens (tertiary/aromatic N) is 2. The predicted molar refractivity (Wildman–Crippen MR) is 90.7 cm³/mol. The van der Waals surface area contributed by atoms with Crippen LogP contribution in [0.25, 0.3) is 16.6 Å². The monoisotopic (exact) mass is 289 g/mol. The Morgan fingerprint density at radius 3 is 2.82 bits per heavy atom. The van der Waals surface area contributed by atoms with Crippen LogP contribution in [0.15, 0.2) is 60.9 Å². The lowest BCUT2D eigenvalue weighted by Gasteiger charge is -2.14. The minimum absolute atomic E-state index is 0.864. The van der Waals surface area contributed by atoms with Crippen LogP contribution < -0.4 is 5.32 Å². The van der Waals surface area contributed by atoms with Gasteiger partial charge in [-0.3, -0.25) is 0 Å². The molecule has 0 radical (unpaired) electrons. The van der Waals surface area contributed by atoms with Gasteiger partial charge < -0.3 is 9.88 Å². The van der Waals surface area contributed by atoms with Gasteiger partial charge in [-0.25, -0.2) is 4.98 Å². The first-order chi connectivity index (χ1) is 10.9. The number of rotatable bonds is 3. The van der Waals surface area contributed by atoms with Crippen molar-refractivity contribution in [1.82, 2.24) is 14.9 Å². The number of benzene rings is 2. The Labute approximate surface area is 130 Å². The molecule has 1 aliphatic rings. The van der Waals surface area contributed by atoms with Gasteiger partial charge in [-0.15, -0.1) is 0 Å². The Bertz CT molecular complexity index is 815. The van der Waals surface area contributed by atoms with E-state index in [2.05, 4.69) is 69.5 Å². The van der Waals surface area contributed by atoms with Crippen LogP contribution >= 0.6 is 0 Å². The summed E-state index contributed by atoms with van der Waals surface area (Å²) < 4.78 is 2.21. The minimum atomic E-state index is 0.864. The van der Waals surface area contributed by atoms with Crippen LogP contribution in [-0.4, -0.2) is 22.6 Å². The van der Waals surface area contributed by atoms with Crippen molar-refractivity contribution in [2.75, 3.05) is 13.1 Å². The first-order valence-electron chi connectivity index (χ1n) is 7.79. The van der Waals surface area contributed by atoms with Gasteiger partial charge in [-0.1, -0.05) is 42.5 Å². The third kappa shape index (κ3) is 2.55. The van der Waals surface area contributed by atoms with Crippen molar-refractivity contribution in [2.24, 2.45) is 0 Å². The van der Waals surface area contributed by atoms with Crippen LogP contribution in [0.3, 0.4) is 0 Å². The van der Waals surface area contributed by atoms with Crippen LogP contribution in [0.2, 0.25) is 0 Å². The normalized spacial score (nSPS) is 15.0. The number of hydrogen-bond donors (Lipinski definition) is 1. The van der Waals surface area contributed by atoms with Gasteiger partial charge in [0.1, 0.15) is 0 Å². The lowest BCUT2D eigenvalue weighted by molar-refractivity contribution is 0.738. The maximum absolute atomic E-state index is 4.59.